The van der Waals surface area contributed by atoms with Crippen LogP contribution in [0.2, 0.25) is 0 Å². The lowest BCUT2D eigenvalue weighted by Gasteiger charge is -2.21. The van der Waals surface area contributed by atoms with E-state index < -0.39 is 0 Å². The van der Waals surface area contributed by atoms with Gasteiger partial charge in [0.05, 0.1) is 6.10 Å². The van der Waals surface area contributed by atoms with Crippen molar-refractivity contribution in [3.63, 3.8) is 0 Å². The zero-order valence-electron chi connectivity index (χ0n) is 11.0. The molecule has 0 spiro atoms. The first-order valence-electron chi connectivity index (χ1n) is 5.78. The molecule has 0 saturated carbocycles. The van der Waals surface area contributed by atoms with Crippen LogP contribution in [0, 0.1) is 20.8 Å². The molecule has 0 N–H and O–H groups in total. The molecule has 0 amide bonds. The molecule has 0 radical (unpaired) electrons. The molecule has 90 valence electrons. The van der Waals surface area contributed by atoms with E-state index in [2.05, 4.69) is 46.1 Å². The summed E-state index contributed by atoms with van der Waals surface area (Å²) in [6, 6.07) is 4.49. The summed E-state index contributed by atoms with van der Waals surface area (Å²) in [7, 11) is 0. The van der Waals surface area contributed by atoms with Crippen molar-refractivity contribution in [1.82, 2.24) is 0 Å². The van der Waals surface area contributed by atoms with E-state index in [1.165, 1.54) is 22.3 Å². The molecule has 0 bridgehead atoms. The zero-order valence-corrected chi connectivity index (χ0v) is 11.8. The number of benzene rings is 1. The second-order valence-electron chi connectivity index (χ2n) is 4.21. The van der Waals surface area contributed by atoms with E-state index in [1.807, 2.05) is 11.8 Å². The van der Waals surface area contributed by atoms with Crippen LogP contribution < -0.4 is 0 Å². The number of aryl methyl sites for hydroxylation is 3. The van der Waals surface area contributed by atoms with Crippen molar-refractivity contribution >= 4 is 11.8 Å². The SMILES string of the molecule is CCOC(CSC)c1c(C)cc(C)cc1C. The summed E-state index contributed by atoms with van der Waals surface area (Å²) < 4.78 is 5.85. The van der Waals surface area contributed by atoms with Gasteiger partial charge in [0.15, 0.2) is 0 Å². The Balaban J connectivity index is 3.07. The predicted molar refractivity (Wildman–Crippen MR) is 73.4 cm³/mol. The topological polar surface area (TPSA) is 9.23 Å². The van der Waals surface area contributed by atoms with Crippen LogP contribution in [0.3, 0.4) is 0 Å². The van der Waals surface area contributed by atoms with Gasteiger partial charge in [0.2, 0.25) is 0 Å². The van der Waals surface area contributed by atoms with Crippen LogP contribution in [0.5, 0.6) is 0 Å². The summed E-state index contributed by atoms with van der Waals surface area (Å²) in [5.74, 6) is 1.03. The summed E-state index contributed by atoms with van der Waals surface area (Å²) in [6.07, 6.45) is 2.37. The molecular formula is C14H22OS. The highest BCUT2D eigenvalue weighted by atomic mass is 32.2. The first-order valence-corrected chi connectivity index (χ1v) is 7.17. The lowest BCUT2D eigenvalue weighted by molar-refractivity contribution is 0.0790. The molecule has 1 aromatic carbocycles. The minimum absolute atomic E-state index is 0.237. The van der Waals surface area contributed by atoms with Crippen LogP contribution in [-0.4, -0.2) is 18.6 Å². The normalized spacial score (nSPS) is 12.8. The smallest absolute Gasteiger partial charge is 0.0920 e. The lowest BCUT2D eigenvalue weighted by Crippen LogP contribution is -2.10. The van der Waals surface area contributed by atoms with E-state index in [-0.39, 0.29) is 6.10 Å². The van der Waals surface area contributed by atoms with Crippen LogP contribution in [0.15, 0.2) is 12.1 Å². The number of ether oxygens (including phenoxy) is 1. The molecule has 0 fully saturated rings. The van der Waals surface area contributed by atoms with Crippen molar-refractivity contribution in [2.75, 3.05) is 18.6 Å². The minimum atomic E-state index is 0.237. The summed E-state index contributed by atoms with van der Waals surface area (Å²) in [6.45, 7) is 9.35. The third-order valence-electron chi connectivity index (χ3n) is 2.75. The van der Waals surface area contributed by atoms with Crippen molar-refractivity contribution in [1.29, 1.82) is 0 Å². The maximum atomic E-state index is 5.85. The van der Waals surface area contributed by atoms with Crippen molar-refractivity contribution < 1.29 is 4.74 Å². The first-order chi connectivity index (χ1) is 7.60. The fraction of sp³-hybridized carbons (Fsp3) is 0.571. The van der Waals surface area contributed by atoms with Crippen molar-refractivity contribution in [2.45, 2.75) is 33.8 Å². The molecule has 0 aliphatic heterocycles. The molecule has 0 saturated heterocycles. The van der Waals surface area contributed by atoms with Crippen LogP contribution in [-0.2, 0) is 4.74 Å². The first kappa shape index (κ1) is 13.6. The number of thioether (sulfide) groups is 1. The third kappa shape index (κ3) is 3.26. The molecule has 1 unspecified atom stereocenters. The van der Waals surface area contributed by atoms with Crippen LogP contribution in [0.1, 0.15) is 35.3 Å². The molecule has 2 heteroatoms. The fourth-order valence-corrected chi connectivity index (χ4v) is 2.83. The molecule has 1 rings (SSSR count). The lowest BCUT2D eigenvalue weighted by atomic mass is 9.96. The van der Waals surface area contributed by atoms with Crippen molar-refractivity contribution in [2.24, 2.45) is 0 Å². The average Bonchev–Trinajstić information content (AvgIpc) is 2.16. The van der Waals surface area contributed by atoms with Gasteiger partial charge in [-0.15, -0.1) is 0 Å². The van der Waals surface area contributed by atoms with Gasteiger partial charge in [0, 0.05) is 12.4 Å². The Kier molecular flexibility index (Phi) is 5.36. The van der Waals surface area contributed by atoms with Gasteiger partial charge in [0.25, 0.3) is 0 Å². The van der Waals surface area contributed by atoms with Gasteiger partial charge in [-0.25, -0.2) is 0 Å². The Morgan fingerprint density at radius 2 is 1.75 bits per heavy atom. The molecule has 1 nitrogen and oxygen atoms in total. The van der Waals surface area contributed by atoms with Crippen LogP contribution in [0.25, 0.3) is 0 Å². The number of hydrogen-bond donors (Lipinski definition) is 0. The molecule has 1 aromatic rings. The van der Waals surface area contributed by atoms with Gasteiger partial charge >= 0.3 is 0 Å². The minimum Gasteiger partial charge on any atom is -0.373 e. The Morgan fingerprint density at radius 3 is 2.19 bits per heavy atom. The van der Waals surface area contributed by atoms with Crippen molar-refractivity contribution in [3.8, 4) is 0 Å². The molecule has 16 heavy (non-hydrogen) atoms. The summed E-state index contributed by atoms with van der Waals surface area (Å²) in [5.41, 5.74) is 5.41. The van der Waals surface area contributed by atoms with Crippen LogP contribution >= 0.6 is 11.8 Å². The van der Waals surface area contributed by atoms with Gasteiger partial charge in [-0.1, -0.05) is 17.7 Å². The third-order valence-corrected chi connectivity index (χ3v) is 3.38. The number of hydrogen-bond acceptors (Lipinski definition) is 2. The van der Waals surface area contributed by atoms with Gasteiger partial charge in [-0.2, -0.15) is 11.8 Å². The summed E-state index contributed by atoms with van der Waals surface area (Å²) >= 11 is 1.84. The van der Waals surface area contributed by atoms with Gasteiger partial charge in [-0.05, 0) is 50.6 Å². The van der Waals surface area contributed by atoms with Gasteiger partial charge < -0.3 is 4.74 Å². The summed E-state index contributed by atoms with van der Waals surface area (Å²) in [5, 5.41) is 0. The van der Waals surface area contributed by atoms with E-state index in [4.69, 9.17) is 4.74 Å². The van der Waals surface area contributed by atoms with E-state index in [9.17, 15) is 0 Å². The largest absolute Gasteiger partial charge is 0.373 e. The fourth-order valence-electron chi connectivity index (χ4n) is 2.27. The molecule has 0 heterocycles. The highest BCUT2D eigenvalue weighted by Gasteiger charge is 2.16. The Hall–Kier alpha value is -0.470. The maximum absolute atomic E-state index is 5.85. The molecular weight excluding hydrogens is 216 g/mol. The second kappa shape index (κ2) is 6.31. The van der Waals surface area contributed by atoms with E-state index in [0.29, 0.717) is 0 Å². The Bertz CT molecular complexity index is 318. The monoisotopic (exact) mass is 238 g/mol. The van der Waals surface area contributed by atoms with Crippen molar-refractivity contribution in [3.05, 3.63) is 34.4 Å². The van der Waals surface area contributed by atoms with Gasteiger partial charge in [-0.3, -0.25) is 0 Å². The Morgan fingerprint density at radius 1 is 1.19 bits per heavy atom. The standard InChI is InChI=1S/C14H22OS/c1-6-15-13(9-16-5)14-11(3)7-10(2)8-12(14)4/h7-8,13H,6,9H2,1-5H3. The zero-order chi connectivity index (χ0) is 12.1. The molecule has 1 atom stereocenters. The maximum Gasteiger partial charge on any atom is 0.0920 e. The molecule has 0 aliphatic carbocycles. The van der Waals surface area contributed by atoms with Gasteiger partial charge in [0.1, 0.15) is 0 Å². The second-order valence-corrected chi connectivity index (χ2v) is 5.12. The quantitative estimate of drug-likeness (QED) is 0.765. The van der Waals surface area contributed by atoms with E-state index in [1.54, 1.807) is 0 Å². The molecule has 0 aromatic heterocycles. The highest BCUT2D eigenvalue weighted by molar-refractivity contribution is 7.98. The van der Waals surface area contributed by atoms with E-state index >= 15 is 0 Å². The summed E-state index contributed by atoms with van der Waals surface area (Å²) in [4.78, 5) is 0. The highest BCUT2D eigenvalue weighted by Crippen LogP contribution is 2.28. The molecule has 0 aliphatic rings. The predicted octanol–water partition coefficient (Wildman–Crippen LogP) is 4.05. The van der Waals surface area contributed by atoms with E-state index in [0.717, 1.165) is 12.4 Å². The Labute approximate surface area is 104 Å². The average molecular weight is 238 g/mol. The van der Waals surface area contributed by atoms with Crippen LogP contribution in [0.4, 0.5) is 0 Å². The number of rotatable bonds is 5.